The molecule has 4 aliphatic carbocycles. The molecule has 0 radical (unpaired) electrons. The molecule has 9 atom stereocenters. The summed E-state index contributed by atoms with van der Waals surface area (Å²) >= 11 is 8.49. The molecule has 4 fully saturated rings. The summed E-state index contributed by atoms with van der Waals surface area (Å²) in [6.07, 6.45) is 17.5. The number of halogens is 2. The van der Waals surface area contributed by atoms with Gasteiger partial charge in [0.25, 0.3) is 0 Å². The molecule has 0 saturated heterocycles. The van der Waals surface area contributed by atoms with Gasteiger partial charge in [-0.25, -0.2) is 0 Å². The van der Waals surface area contributed by atoms with Crippen molar-refractivity contribution in [1.82, 2.24) is 0 Å². The van der Waals surface area contributed by atoms with Gasteiger partial charge < -0.3 is 0 Å². The van der Waals surface area contributed by atoms with Gasteiger partial charge in [-0.15, -0.1) is 0 Å². The third-order valence-electron chi connectivity index (χ3n) is 10.9. The molecule has 0 bridgehead atoms. The summed E-state index contributed by atoms with van der Waals surface area (Å²) < 4.78 is 0.343. The van der Waals surface area contributed by atoms with Gasteiger partial charge in [0.1, 0.15) is 0 Å². The largest absolute Gasteiger partial charge is 0.0875 e. The number of hydrogen-bond acceptors (Lipinski definition) is 0. The summed E-state index contributed by atoms with van der Waals surface area (Å²) in [4.78, 5) is 0.667. The van der Waals surface area contributed by atoms with E-state index < -0.39 is 0 Å². The van der Waals surface area contributed by atoms with Crippen molar-refractivity contribution in [1.29, 1.82) is 0 Å². The second kappa shape index (κ2) is 8.39. The van der Waals surface area contributed by atoms with E-state index in [1.807, 2.05) is 0 Å². The van der Waals surface area contributed by atoms with E-state index in [4.69, 9.17) is 0 Å². The predicted octanol–water partition coefficient (Wildman–Crippen LogP) is 9.39. The maximum Gasteiger partial charge on any atom is 0.0439 e. The summed E-state index contributed by atoms with van der Waals surface area (Å²) in [5.74, 6) is 5.73. The van der Waals surface area contributed by atoms with Crippen molar-refractivity contribution in [2.75, 3.05) is 0 Å². The average molecular weight is 530 g/mol. The maximum atomic E-state index is 4.37. The van der Waals surface area contributed by atoms with Crippen molar-refractivity contribution >= 4 is 31.9 Å². The first-order chi connectivity index (χ1) is 13.6. The molecule has 0 aliphatic heterocycles. The minimum Gasteiger partial charge on any atom is -0.0875 e. The zero-order valence-electron chi connectivity index (χ0n) is 19.8. The Hall–Kier alpha value is 0.960. The van der Waals surface area contributed by atoms with Crippen LogP contribution in [-0.4, -0.2) is 9.15 Å². The van der Waals surface area contributed by atoms with E-state index in [-0.39, 0.29) is 0 Å². The van der Waals surface area contributed by atoms with Crippen LogP contribution >= 0.6 is 31.9 Å². The fourth-order valence-electron chi connectivity index (χ4n) is 9.26. The fraction of sp³-hybridized carbons (Fsp3) is 1.00. The second-order valence-corrected chi connectivity index (χ2v) is 15.1. The standard InChI is InChI=1S/C27H46Br2/c1-18(2)8-6-9-19(3)21-11-12-22-20-13-17-27(29)24(28)10-7-15-26(27,5)23(20)14-16-25(21,22)4/h18-24H,6-17H2,1-5H3/t19-,20?,21?,22?,23?,24?,25?,26?,27-/m1/s1. The lowest BCUT2D eigenvalue weighted by Crippen LogP contribution is -2.62. The lowest BCUT2D eigenvalue weighted by atomic mass is 9.44. The van der Waals surface area contributed by atoms with E-state index in [1.54, 1.807) is 0 Å². The van der Waals surface area contributed by atoms with Crippen molar-refractivity contribution in [3.05, 3.63) is 0 Å². The topological polar surface area (TPSA) is 0 Å². The van der Waals surface area contributed by atoms with E-state index in [0.29, 0.717) is 20.0 Å². The van der Waals surface area contributed by atoms with Crippen LogP contribution in [0.1, 0.15) is 112 Å². The number of rotatable bonds is 5. The summed E-state index contributed by atoms with van der Waals surface area (Å²) in [5, 5.41) is 0. The molecule has 4 rings (SSSR count). The van der Waals surface area contributed by atoms with Gasteiger partial charge in [0.15, 0.2) is 0 Å². The van der Waals surface area contributed by atoms with Crippen LogP contribution < -0.4 is 0 Å². The molecule has 0 aromatic carbocycles. The van der Waals surface area contributed by atoms with Crippen LogP contribution in [0.3, 0.4) is 0 Å². The molecule has 0 aromatic rings. The first-order valence-corrected chi connectivity index (χ1v) is 14.7. The molecular weight excluding hydrogens is 484 g/mol. The molecule has 4 saturated carbocycles. The van der Waals surface area contributed by atoms with E-state index in [1.165, 1.54) is 77.0 Å². The van der Waals surface area contributed by atoms with Gasteiger partial charge in [0.05, 0.1) is 0 Å². The Labute approximate surface area is 198 Å². The van der Waals surface area contributed by atoms with E-state index in [2.05, 4.69) is 66.5 Å². The minimum atomic E-state index is 0.343. The molecule has 0 aromatic heterocycles. The second-order valence-electron chi connectivity index (χ2n) is 12.6. The fourth-order valence-corrected chi connectivity index (χ4v) is 11.3. The van der Waals surface area contributed by atoms with Gasteiger partial charge >= 0.3 is 0 Å². The predicted molar refractivity (Wildman–Crippen MR) is 134 cm³/mol. The average Bonchev–Trinajstić information content (AvgIpc) is 3.01. The van der Waals surface area contributed by atoms with Gasteiger partial charge in [-0.05, 0) is 97.7 Å². The summed E-state index contributed by atoms with van der Waals surface area (Å²) in [6, 6.07) is 0. The van der Waals surface area contributed by atoms with Crippen LogP contribution in [0.4, 0.5) is 0 Å². The summed E-state index contributed by atoms with van der Waals surface area (Å²) in [7, 11) is 0. The minimum absolute atomic E-state index is 0.343. The molecule has 0 N–H and O–H groups in total. The van der Waals surface area contributed by atoms with Gasteiger partial charge in [0.2, 0.25) is 0 Å². The lowest BCUT2D eigenvalue weighted by molar-refractivity contribution is -0.0989. The zero-order chi connectivity index (χ0) is 21.0. The molecule has 0 amide bonds. The Morgan fingerprint density at radius 2 is 1.62 bits per heavy atom. The molecule has 0 nitrogen and oxygen atoms in total. The monoisotopic (exact) mass is 528 g/mol. The number of alkyl halides is 2. The van der Waals surface area contributed by atoms with Crippen LogP contribution in [0.15, 0.2) is 0 Å². The highest BCUT2D eigenvalue weighted by Gasteiger charge is 2.65. The Morgan fingerprint density at radius 1 is 0.862 bits per heavy atom. The van der Waals surface area contributed by atoms with E-state index in [0.717, 1.165) is 35.5 Å². The van der Waals surface area contributed by atoms with Crippen LogP contribution in [0.5, 0.6) is 0 Å². The smallest absolute Gasteiger partial charge is 0.0439 e. The van der Waals surface area contributed by atoms with Crippen molar-refractivity contribution < 1.29 is 0 Å². The lowest BCUT2D eigenvalue weighted by Gasteiger charge is -2.65. The van der Waals surface area contributed by atoms with Crippen LogP contribution in [-0.2, 0) is 0 Å². The van der Waals surface area contributed by atoms with Crippen molar-refractivity contribution in [3.63, 3.8) is 0 Å². The van der Waals surface area contributed by atoms with Crippen molar-refractivity contribution in [3.8, 4) is 0 Å². The van der Waals surface area contributed by atoms with Gasteiger partial charge in [0, 0.05) is 9.15 Å². The third-order valence-corrected chi connectivity index (χ3v) is 14.6. The van der Waals surface area contributed by atoms with Crippen LogP contribution in [0, 0.1) is 46.3 Å². The van der Waals surface area contributed by atoms with E-state index >= 15 is 0 Å². The van der Waals surface area contributed by atoms with E-state index in [9.17, 15) is 0 Å². The molecule has 7 unspecified atom stereocenters. The molecule has 0 spiro atoms. The molecule has 168 valence electrons. The first-order valence-electron chi connectivity index (χ1n) is 13.0. The number of fused-ring (bicyclic) bond motifs is 5. The zero-order valence-corrected chi connectivity index (χ0v) is 23.0. The SMILES string of the molecule is CC(C)CCC[C@@H](C)C1CCC2C3CC[C@@]4(Br)C(Br)CCCC4(C)C3CCC21C. The van der Waals surface area contributed by atoms with Crippen LogP contribution in [0.2, 0.25) is 0 Å². The normalized spacial score (nSPS) is 50.7. The quantitative estimate of drug-likeness (QED) is 0.311. The Balaban J connectivity index is 1.51. The Bertz CT molecular complexity index is 587. The van der Waals surface area contributed by atoms with Crippen molar-refractivity contribution in [2.24, 2.45) is 46.3 Å². The Morgan fingerprint density at radius 3 is 2.34 bits per heavy atom. The molecule has 0 heterocycles. The van der Waals surface area contributed by atoms with Gasteiger partial charge in [-0.1, -0.05) is 92.2 Å². The first kappa shape index (κ1) is 23.1. The third kappa shape index (κ3) is 3.65. The Kier molecular flexibility index (Phi) is 6.69. The molecule has 29 heavy (non-hydrogen) atoms. The highest BCUT2D eigenvalue weighted by Crippen LogP contribution is 2.71. The van der Waals surface area contributed by atoms with Crippen molar-refractivity contribution in [2.45, 2.75) is 121 Å². The van der Waals surface area contributed by atoms with Crippen LogP contribution in [0.25, 0.3) is 0 Å². The highest BCUT2D eigenvalue weighted by molar-refractivity contribution is 9.12. The highest BCUT2D eigenvalue weighted by atomic mass is 79.9. The molecule has 4 aliphatic rings. The number of hydrogen-bond donors (Lipinski definition) is 0. The molecular formula is C27H46Br2. The summed E-state index contributed by atoms with van der Waals surface area (Å²) in [6.45, 7) is 12.8. The summed E-state index contributed by atoms with van der Waals surface area (Å²) in [5.41, 5.74) is 1.12. The van der Waals surface area contributed by atoms with Gasteiger partial charge in [-0.3, -0.25) is 0 Å². The van der Waals surface area contributed by atoms with Gasteiger partial charge in [-0.2, -0.15) is 0 Å². The molecule has 2 heteroatoms. The maximum absolute atomic E-state index is 4.37.